The van der Waals surface area contributed by atoms with Crippen molar-refractivity contribution in [2.24, 2.45) is 0 Å². The molecule has 0 radical (unpaired) electrons. The first-order chi connectivity index (χ1) is 10.3. The molecule has 4 nitrogen and oxygen atoms in total. The molecule has 22 heavy (non-hydrogen) atoms. The molecule has 1 atom stereocenters. The highest BCUT2D eigenvalue weighted by Gasteiger charge is 2.33. The van der Waals surface area contributed by atoms with E-state index in [9.17, 15) is 18.0 Å². The number of morpholine rings is 1. The van der Waals surface area contributed by atoms with E-state index in [4.69, 9.17) is 4.74 Å². The Balaban J connectivity index is 2.22. The second-order valence-corrected chi connectivity index (χ2v) is 5.57. The van der Waals surface area contributed by atoms with Crippen LogP contribution in [0.1, 0.15) is 15.9 Å². The summed E-state index contributed by atoms with van der Waals surface area (Å²) >= 11 is 0. The number of carbonyl (C=O) groups is 1. The molecule has 122 valence electrons. The van der Waals surface area contributed by atoms with Gasteiger partial charge < -0.3 is 14.5 Å². The average molecular weight is 316 g/mol. The maximum absolute atomic E-state index is 12.8. The molecule has 1 aliphatic rings. The van der Waals surface area contributed by atoms with Crippen LogP contribution >= 0.6 is 0 Å². The van der Waals surface area contributed by atoms with Crippen LogP contribution in [-0.4, -0.2) is 62.1 Å². The van der Waals surface area contributed by atoms with Crippen LogP contribution in [0.3, 0.4) is 0 Å². The third-order valence-corrected chi connectivity index (χ3v) is 3.50. The van der Waals surface area contributed by atoms with Crippen molar-refractivity contribution in [3.63, 3.8) is 0 Å². The first kappa shape index (κ1) is 16.8. The number of carbonyl (C=O) groups excluding carboxylic acids is 1. The molecular weight excluding hydrogens is 297 g/mol. The van der Waals surface area contributed by atoms with E-state index in [1.807, 2.05) is 19.0 Å². The highest BCUT2D eigenvalue weighted by atomic mass is 19.4. The zero-order valence-corrected chi connectivity index (χ0v) is 12.6. The Labute approximate surface area is 127 Å². The quantitative estimate of drug-likeness (QED) is 0.856. The van der Waals surface area contributed by atoms with E-state index in [1.54, 1.807) is 4.90 Å². The minimum Gasteiger partial charge on any atom is -0.377 e. The van der Waals surface area contributed by atoms with Crippen molar-refractivity contribution in [3.05, 3.63) is 35.4 Å². The molecule has 1 amide bonds. The van der Waals surface area contributed by atoms with Crippen molar-refractivity contribution < 1.29 is 22.7 Å². The molecule has 0 aromatic heterocycles. The second kappa shape index (κ2) is 6.66. The Morgan fingerprint density at radius 3 is 2.77 bits per heavy atom. The highest BCUT2D eigenvalue weighted by molar-refractivity contribution is 5.94. The minimum absolute atomic E-state index is 0.0560. The molecule has 0 spiro atoms. The lowest BCUT2D eigenvalue weighted by Crippen LogP contribution is -2.52. The van der Waals surface area contributed by atoms with E-state index >= 15 is 0 Å². The third-order valence-electron chi connectivity index (χ3n) is 3.50. The van der Waals surface area contributed by atoms with Crippen LogP contribution in [0.25, 0.3) is 0 Å². The van der Waals surface area contributed by atoms with Gasteiger partial charge in [0.2, 0.25) is 0 Å². The van der Waals surface area contributed by atoms with Crippen molar-refractivity contribution in [1.29, 1.82) is 0 Å². The number of alkyl halides is 3. The molecule has 1 aliphatic heterocycles. The normalized spacial score (nSPS) is 19.5. The van der Waals surface area contributed by atoms with Gasteiger partial charge in [-0.2, -0.15) is 13.2 Å². The summed E-state index contributed by atoms with van der Waals surface area (Å²) in [6.45, 7) is 1.77. The zero-order valence-electron chi connectivity index (χ0n) is 12.6. The number of nitrogens with zero attached hydrogens (tertiary/aromatic N) is 2. The molecule has 1 heterocycles. The van der Waals surface area contributed by atoms with Crippen LogP contribution in [0, 0.1) is 0 Å². The summed E-state index contributed by atoms with van der Waals surface area (Å²) in [6.07, 6.45) is -4.45. The third kappa shape index (κ3) is 3.98. The van der Waals surface area contributed by atoms with Gasteiger partial charge >= 0.3 is 6.18 Å². The van der Waals surface area contributed by atoms with Gasteiger partial charge in [-0.1, -0.05) is 6.07 Å². The van der Waals surface area contributed by atoms with Crippen LogP contribution in [-0.2, 0) is 10.9 Å². The van der Waals surface area contributed by atoms with Gasteiger partial charge in [0.25, 0.3) is 5.91 Å². The molecule has 1 saturated heterocycles. The first-order valence-electron chi connectivity index (χ1n) is 6.99. The van der Waals surface area contributed by atoms with Crippen molar-refractivity contribution in [3.8, 4) is 0 Å². The minimum atomic E-state index is -4.45. The largest absolute Gasteiger partial charge is 0.416 e. The predicted octanol–water partition coefficient (Wildman–Crippen LogP) is 2.11. The van der Waals surface area contributed by atoms with Crippen LogP contribution in [0.5, 0.6) is 0 Å². The van der Waals surface area contributed by atoms with Crippen molar-refractivity contribution in [1.82, 2.24) is 9.80 Å². The van der Waals surface area contributed by atoms with Crippen molar-refractivity contribution in [2.45, 2.75) is 12.2 Å². The summed E-state index contributed by atoms with van der Waals surface area (Å²) in [7, 11) is 3.75. The first-order valence-corrected chi connectivity index (χ1v) is 6.99. The van der Waals surface area contributed by atoms with Gasteiger partial charge in [-0.05, 0) is 32.3 Å². The Hall–Kier alpha value is -1.60. The average Bonchev–Trinajstić information content (AvgIpc) is 2.46. The summed E-state index contributed by atoms with van der Waals surface area (Å²) in [5.74, 6) is -0.388. The van der Waals surface area contributed by atoms with E-state index in [-0.39, 0.29) is 17.5 Å². The monoisotopic (exact) mass is 316 g/mol. The maximum Gasteiger partial charge on any atom is 0.416 e. The van der Waals surface area contributed by atoms with Crippen LogP contribution in [0.4, 0.5) is 13.2 Å². The van der Waals surface area contributed by atoms with E-state index in [0.29, 0.717) is 26.3 Å². The van der Waals surface area contributed by atoms with Gasteiger partial charge in [0.05, 0.1) is 24.8 Å². The van der Waals surface area contributed by atoms with Crippen LogP contribution in [0.2, 0.25) is 0 Å². The lowest BCUT2D eigenvalue weighted by Gasteiger charge is -2.37. The molecule has 0 aliphatic carbocycles. The molecule has 0 N–H and O–H groups in total. The van der Waals surface area contributed by atoms with Gasteiger partial charge in [0, 0.05) is 18.7 Å². The summed E-state index contributed by atoms with van der Waals surface area (Å²) in [4.78, 5) is 16.1. The Morgan fingerprint density at radius 1 is 1.41 bits per heavy atom. The number of hydrogen-bond donors (Lipinski definition) is 0. The summed E-state index contributed by atoms with van der Waals surface area (Å²) in [6, 6.07) is 4.39. The summed E-state index contributed by atoms with van der Waals surface area (Å²) < 4.78 is 43.7. The van der Waals surface area contributed by atoms with Crippen LogP contribution < -0.4 is 0 Å². The number of amides is 1. The molecule has 1 aromatic carbocycles. The fourth-order valence-electron chi connectivity index (χ4n) is 2.49. The van der Waals surface area contributed by atoms with Gasteiger partial charge in [0.15, 0.2) is 0 Å². The van der Waals surface area contributed by atoms with Gasteiger partial charge in [-0.3, -0.25) is 4.79 Å². The summed E-state index contributed by atoms with van der Waals surface area (Å²) in [5.41, 5.74) is -0.753. The second-order valence-electron chi connectivity index (χ2n) is 5.57. The van der Waals surface area contributed by atoms with Crippen molar-refractivity contribution in [2.75, 3.05) is 40.4 Å². The lowest BCUT2D eigenvalue weighted by molar-refractivity contribution is -0.137. The van der Waals surface area contributed by atoms with E-state index in [1.165, 1.54) is 12.1 Å². The SMILES string of the molecule is CN(C)C[C@H]1COCCN1C(=O)c1cccc(C(F)(F)F)c1. The van der Waals surface area contributed by atoms with E-state index in [2.05, 4.69) is 0 Å². The Morgan fingerprint density at radius 2 is 2.14 bits per heavy atom. The molecule has 1 fully saturated rings. The molecular formula is C15H19F3N2O2. The van der Waals surface area contributed by atoms with Gasteiger partial charge in [-0.15, -0.1) is 0 Å². The number of halogens is 3. The van der Waals surface area contributed by atoms with Gasteiger partial charge in [-0.25, -0.2) is 0 Å². The zero-order chi connectivity index (χ0) is 16.3. The maximum atomic E-state index is 12.8. The summed E-state index contributed by atoms with van der Waals surface area (Å²) in [5, 5.41) is 0. The number of benzene rings is 1. The molecule has 0 unspecified atom stereocenters. The number of rotatable bonds is 3. The van der Waals surface area contributed by atoms with E-state index in [0.717, 1.165) is 12.1 Å². The molecule has 7 heteroatoms. The Kier molecular flexibility index (Phi) is 5.08. The standard InChI is InChI=1S/C15H19F3N2O2/c1-19(2)9-13-10-22-7-6-20(13)14(21)11-4-3-5-12(8-11)15(16,17)18/h3-5,8,13H,6-7,9-10H2,1-2H3/t13-/m0/s1. The van der Waals surface area contributed by atoms with Crippen molar-refractivity contribution >= 4 is 5.91 Å². The topological polar surface area (TPSA) is 32.8 Å². The van der Waals surface area contributed by atoms with Gasteiger partial charge in [0.1, 0.15) is 0 Å². The molecule has 0 bridgehead atoms. The predicted molar refractivity (Wildman–Crippen MR) is 75.6 cm³/mol. The molecule has 0 saturated carbocycles. The molecule has 2 rings (SSSR count). The number of likely N-dealkylation sites (N-methyl/N-ethyl adjacent to an activating group) is 1. The number of ether oxygens (including phenoxy) is 1. The molecule has 1 aromatic rings. The van der Waals surface area contributed by atoms with E-state index < -0.39 is 11.7 Å². The fraction of sp³-hybridized carbons (Fsp3) is 0.533. The Bertz CT molecular complexity index is 532. The lowest BCUT2D eigenvalue weighted by atomic mass is 10.1. The van der Waals surface area contributed by atoms with Crippen LogP contribution in [0.15, 0.2) is 24.3 Å². The number of hydrogen-bond acceptors (Lipinski definition) is 3. The highest BCUT2D eigenvalue weighted by Crippen LogP contribution is 2.30. The smallest absolute Gasteiger partial charge is 0.377 e. The fourth-order valence-corrected chi connectivity index (χ4v) is 2.49.